The molecule has 2 rings (SSSR count). The van der Waals surface area contributed by atoms with E-state index in [-0.39, 0.29) is 13.2 Å². The maximum Gasteiger partial charge on any atom is 0.416 e. The Kier molecular flexibility index (Phi) is 12.1. The largest absolute Gasteiger partial charge is 0.416 e. The highest BCUT2D eigenvalue weighted by Gasteiger charge is 2.32. The predicted octanol–water partition coefficient (Wildman–Crippen LogP) is 6.18. The Hall–Kier alpha value is -3.04. The van der Waals surface area contributed by atoms with Crippen molar-refractivity contribution in [2.24, 2.45) is 0 Å². The molecule has 0 aliphatic rings. The van der Waals surface area contributed by atoms with Gasteiger partial charge in [-0.05, 0) is 73.9 Å². The molecule has 0 amide bonds. The molecule has 40 heavy (non-hydrogen) atoms. The van der Waals surface area contributed by atoms with E-state index in [1.165, 1.54) is 0 Å². The maximum absolute atomic E-state index is 12.7. The van der Waals surface area contributed by atoms with Gasteiger partial charge in [0.25, 0.3) is 20.2 Å². The Labute approximate surface area is 228 Å². The van der Waals surface area contributed by atoms with Crippen LogP contribution in [0.25, 0.3) is 0 Å². The van der Waals surface area contributed by atoms with Crippen LogP contribution in [0.4, 0.5) is 26.3 Å². The highest BCUT2D eigenvalue weighted by atomic mass is 32.2. The Balaban J connectivity index is 1.62. The second-order valence-electron chi connectivity index (χ2n) is 8.12. The zero-order valence-corrected chi connectivity index (χ0v) is 22.4. The maximum atomic E-state index is 12.7. The van der Waals surface area contributed by atoms with Crippen LogP contribution in [0.3, 0.4) is 0 Å². The average molecular weight is 611 g/mol. The lowest BCUT2D eigenvalue weighted by Crippen LogP contribution is -2.10. The first kappa shape index (κ1) is 33.2. The molecule has 0 aliphatic carbocycles. The molecule has 0 aliphatic heterocycles. The fourth-order valence-electron chi connectivity index (χ4n) is 2.97. The van der Waals surface area contributed by atoms with Gasteiger partial charge in [0.2, 0.25) is 0 Å². The summed E-state index contributed by atoms with van der Waals surface area (Å²) >= 11 is 0. The molecule has 0 bridgehead atoms. The molecule has 0 atom stereocenters. The number of alkyl halides is 6. The molecule has 0 unspecified atom stereocenters. The number of unbranched alkanes of at least 4 members (excludes halogenated alkanes) is 4. The Morgan fingerprint density at radius 1 is 0.600 bits per heavy atom. The second-order valence-corrected chi connectivity index (χ2v) is 11.4. The van der Waals surface area contributed by atoms with Crippen LogP contribution < -0.4 is 0 Å². The molecule has 14 heteroatoms. The number of hydrogen-bond donors (Lipinski definition) is 0. The summed E-state index contributed by atoms with van der Waals surface area (Å²) in [5.41, 5.74) is -2.19. The lowest BCUT2D eigenvalue weighted by Gasteiger charge is -2.09. The van der Waals surface area contributed by atoms with E-state index in [1.54, 1.807) is 0 Å². The van der Waals surface area contributed by atoms with Crippen molar-refractivity contribution in [3.8, 4) is 23.7 Å². The molecule has 2 aromatic carbocycles. The summed E-state index contributed by atoms with van der Waals surface area (Å²) in [7, 11) is -8.66. The van der Waals surface area contributed by atoms with E-state index in [0.717, 1.165) is 36.4 Å². The molecule has 0 heterocycles. The zero-order chi connectivity index (χ0) is 29.9. The fourth-order valence-corrected chi connectivity index (χ4v) is 4.95. The van der Waals surface area contributed by atoms with E-state index < -0.39 is 53.5 Å². The van der Waals surface area contributed by atoms with Crippen LogP contribution in [0, 0.1) is 23.7 Å². The third kappa shape index (κ3) is 11.2. The van der Waals surface area contributed by atoms with Crippen LogP contribution >= 0.6 is 0 Å². The van der Waals surface area contributed by atoms with Gasteiger partial charge in [-0.1, -0.05) is 24.0 Å². The van der Waals surface area contributed by atoms with Gasteiger partial charge in [-0.25, -0.2) is 0 Å². The van der Waals surface area contributed by atoms with E-state index in [2.05, 4.69) is 23.7 Å². The van der Waals surface area contributed by atoms with Crippen molar-refractivity contribution in [2.45, 2.75) is 60.7 Å². The van der Waals surface area contributed by atoms with Gasteiger partial charge in [0.05, 0.1) is 34.1 Å². The summed E-state index contributed by atoms with van der Waals surface area (Å²) in [6, 6.07) is 6.54. The van der Waals surface area contributed by atoms with Crippen LogP contribution in [0.5, 0.6) is 0 Å². The molecule has 2 aromatic rings. The number of benzene rings is 2. The Bertz CT molecular complexity index is 1360. The number of halogens is 6. The molecule has 0 fully saturated rings. The molecule has 0 radical (unpaired) electrons. The van der Waals surface area contributed by atoms with Crippen LogP contribution in [0.2, 0.25) is 0 Å². The molecule has 0 spiro atoms. The van der Waals surface area contributed by atoms with Gasteiger partial charge in [0.15, 0.2) is 0 Å². The van der Waals surface area contributed by atoms with Gasteiger partial charge in [0, 0.05) is 12.8 Å². The second kappa shape index (κ2) is 14.6. The van der Waals surface area contributed by atoms with Crippen molar-refractivity contribution in [1.82, 2.24) is 0 Å². The average Bonchev–Trinajstić information content (AvgIpc) is 2.88. The summed E-state index contributed by atoms with van der Waals surface area (Å²) < 4.78 is 134. The van der Waals surface area contributed by atoms with E-state index in [4.69, 9.17) is 8.37 Å². The third-order valence-corrected chi connectivity index (χ3v) is 7.63. The smallest absolute Gasteiger partial charge is 0.266 e. The Morgan fingerprint density at radius 2 is 0.975 bits per heavy atom. The molecule has 0 saturated carbocycles. The highest BCUT2D eigenvalue weighted by molar-refractivity contribution is 7.87. The standard InChI is InChI=1S/C26H24F6O6S2/c27-25(28,29)21-13-11-15-23(19-21)39(33,34)37-17-9-7-5-3-1-2-4-6-8-10-18-38-40(35,36)24-16-12-14-22(20-24)26(30,31)32/h11-16,19-20H,5-10,17-18H2. The quantitative estimate of drug-likeness (QED) is 0.123. The summed E-state index contributed by atoms with van der Waals surface area (Å²) in [4.78, 5) is -1.16. The highest BCUT2D eigenvalue weighted by Crippen LogP contribution is 2.31. The van der Waals surface area contributed by atoms with Crippen molar-refractivity contribution in [1.29, 1.82) is 0 Å². The number of rotatable bonds is 12. The van der Waals surface area contributed by atoms with Crippen LogP contribution in [0.1, 0.15) is 49.7 Å². The van der Waals surface area contributed by atoms with Gasteiger partial charge in [-0.15, -0.1) is 0 Å². The first-order chi connectivity index (χ1) is 18.6. The molecular formula is C26H24F6O6S2. The van der Waals surface area contributed by atoms with Gasteiger partial charge < -0.3 is 0 Å². The van der Waals surface area contributed by atoms with Crippen molar-refractivity contribution < 1.29 is 51.5 Å². The first-order valence-electron chi connectivity index (χ1n) is 11.7. The van der Waals surface area contributed by atoms with Crippen LogP contribution in [-0.2, 0) is 41.0 Å². The minimum atomic E-state index is -4.68. The molecule has 0 aromatic heterocycles. The van der Waals surface area contributed by atoms with Crippen molar-refractivity contribution in [3.05, 3.63) is 59.7 Å². The van der Waals surface area contributed by atoms with Crippen molar-refractivity contribution in [3.63, 3.8) is 0 Å². The summed E-state index contributed by atoms with van der Waals surface area (Å²) in [6.45, 7) is -0.449. The van der Waals surface area contributed by atoms with Crippen molar-refractivity contribution in [2.75, 3.05) is 13.2 Å². The molecular weight excluding hydrogens is 586 g/mol. The molecule has 218 valence electrons. The van der Waals surface area contributed by atoms with E-state index >= 15 is 0 Å². The lowest BCUT2D eigenvalue weighted by atomic mass is 10.2. The SMILES string of the molecule is O=S(=O)(OCCCCC#CC#CCCCCOS(=O)(=O)c1cccc(C(F)(F)F)c1)c1cccc(C(F)(F)F)c1. The van der Waals surface area contributed by atoms with E-state index in [0.29, 0.717) is 50.7 Å². The molecule has 0 N–H and O–H groups in total. The topological polar surface area (TPSA) is 86.7 Å². The van der Waals surface area contributed by atoms with Gasteiger partial charge in [-0.2, -0.15) is 43.2 Å². The summed E-state index contributed by atoms with van der Waals surface area (Å²) in [5, 5.41) is 0. The normalized spacial score (nSPS) is 12.2. The minimum absolute atomic E-state index is 0.225. The number of hydrogen-bond acceptors (Lipinski definition) is 6. The van der Waals surface area contributed by atoms with Gasteiger partial charge in [0.1, 0.15) is 0 Å². The van der Waals surface area contributed by atoms with E-state index in [1.807, 2.05) is 0 Å². The lowest BCUT2D eigenvalue weighted by molar-refractivity contribution is -0.138. The molecule has 0 saturated heterocycles. The Morgan fingerprint density at radius 3 is 1.32 bits per heavy atom. The fraction of sp³-hybridized carbons (Fsp3) is 0.385. The third-order valence-electron chi connectivity index (χ3n) is 5.01. The van der Waals surface area contributed by atoms with Crippen LogP contribution in [-0.4, -0.2) is 30.0 Å². The monoisotopic (exact) mass is 610 g/mol. The van der Waals surface area contributed by atoms with Gasteiger partial charge in [-0.3, -0.25) is 8.37 Å². The molecule has 6 nitrogen and oxygen atoms in total. The summed E-state index contributed by atoms with van der Waals surface area (Å²) in [6.07, 6.45) is -7.08. The van der Waals surface area contributed by atoms with Gasteiger partial charge >= 0.3 is 12.4 Å². The zero-order valence-electron chi connectivity index (χ0n) is 20.8. The van der Waals surface area contributed by atoms with Crippen molar-refractivity contribution >= 4 is 20.2 Å². The minimum Gasteiger partial charge on any atom is -0.266 e. The summed E-state index contributed by atoms with van der Waals surface area (Å²) in [5.74, 6) is 10.7. The van der Waals surface area contributed by atoms with E-state index in [9.17, 15) is 43.2 Å². The first-order valence-corrected chi connectivity index (χ1v) is 14.5. The van der Waals surface area contributed by atoms with Crippen LogP contribution in [0.15, 0.2) is 58.3 Å². The predicted molar refractivity (Wildman–Crippen MR) is 132 cm³/mol.